The van der Waals surface area contributed by atoms with Gasteiger partial charge in [0.25, 0.3) is 0 Å². The van der Waals surface area contributed by atoms with Crippen LogP contribution in [0.5, 0.6) is 17.2 Å². The fourth-order valence-corrected chi connectivity index (χ4v) is 2.39. The van der Waals surface area contributed by atoms with E-state index in [9.17, 15) is 0 Å². The average molecular weight is 328 g/mol. The molecule has 0 heterocycles. The number of benzene rings is 2. The van der Waals surface area contributed by atoms with Gasteiger partial charge in [-0.25, -0.2) is 0 Å². The van der Waals surface area contributed by atoms with Crippen molar-refractivity contribution >= 4 is 12.2 Å². The topological polar surface area (TPSA) is 36.9 Å². The molecule has 0 radical (unpaired) electrons. The quantitative estimate of drug-likeness (QED) is 0.555. The van der Waals surface area contributed by atoms with Crippen LogP contribution in [0.2, 0.25) is 0 Å². The van der Waals surface area contributed by atoms with E-state index in [0.717, 1.165) is 22.4 Å². The molecule has 128 valence electrons. The van der Waals surface area contributed by atoms with Gasteiger partial charge in [0.2, 0.25) is 0 Å². The summed E-state index contributed by atoms with van der Waals surface area (Å²) >= 11 is 0. The monoisotopic (exact) mass is 328 g/mol. The number of hydrogen-bond acceptors (Lipinski definition) is 4. The van der Waals surface area contributed by atoms with Crippen LogP contribution in [0.15, 0.2) is 30.3 Å². The van der Waals surface area contributed by atoms with E-state index in [4.69, 9.17) is 18.9 Å². The summed E-state index contributed by atoms with van der Waals surface area (Å²) < 4.78 is 21.2. The Morgan fingerprint density at radius 1 is 0.792 bits per heavy atom. The van der Waals surface area contributed by atoms with Crippen molar-refractivity contribution in [3.8, 4) is 17.2 Å². The maximum Gasteiger partial charge on any atom is 0.188 e. The minimum Gasteiger partial charge on any atom is -0.496 e. The first-order chi connectivity index (χ1) is 11.6. The number of rotatable bonds is 7. The van der Waals surface area contributed by atoms with Gasteiger partial charge in [0.05, 0.1) is 14.2 Å². The van der Waals surface area contributed by atoms with Crippen LogP contribution >= 0.6 is 0 Å². The van der Waals surface area contributed by atoms with Gasteiger partial charge in [-0.3, -0.25) is 0 Å². The summed E-state index contributed by atoms with van der Waals surface area (Å²) in [6, 6.07) is 9.95. The number of aryl methyl sites for hydroxylation is 1. The van der Waals surface area contributed by atoms with E-state index in [2.05, 4.69) is 26.0 Å². The lowest BCUT2D eigenvalue weighted by molar-refractivity contribution is 0.0491. The Kier molecular flexibility index (Phi) is 6.27. The van der Waals surface area contributed by atoms with Crippen LogP contribution < -0.4 is 14.2 Å². The zero-order valence-corrected chi connectivity index (χ0v) is 14.9. The van der Waals surface area contributed by atoms with Gasteiger partial charge in [-0.1, -0.05) is 24.3 Å². The molecule has 0 aliphatic heterocycles. The van der Waals surface area contributed by atoms with E-state index in [1.54, 1.807) is 21.3 Å². The Bertz CT molecular complexity index is 720. The number of ether oxygens (including phenoxy) is 4. The van der Waals surface area contributed by atoms with Crippen LogP contribution in [0.3, 0.4) is 0 Å². The van der Waals surface area contributed by atoms with E-state index in [0.29, 0.717) is 11.5 Å². The molecule has 0 unspecified atom stereocenters. The zero-order valence-electron chi connectivity index (χ0n) is 14.9. The predicted octanol–water partition coefficient (Wildman–Crippen LogP) is 4.47. The Hall–Kier alpha value is -2.46. The van der Waals surface area contributed by atoms with Crippen LogP contribution in [-0.2, 0) is 4.74 Å². The standard InChI is InChI=1S/C20H24O4/c1-14-10-17(12-19(23-5)15(14)2)7-6-16-8-9-18(22-4)20(11-16)24-13-21-3/h6-12H,13H2,1-5H3/b7-6-. The molecule has 24 heavy (non-hydrogen) atoms. The minimum atomic E-state index is 0.178. The van der Waals surface area contributed by atoms with Gasteiger partial charge in [0, 0.05) is 7.11 Å². The van der Waals surface area contributed by atoms with E-state index >= 15 is 0 Å². The third kappa shape index (κ3) is 4.30. The van der Waals surface area contributed by atoms with Crippen molar-refractivity contribution < 1.29 is 18.9 Å². The molecule has 2 aromatic carbocycles. The first-order valence-corrected chi connectivity index (χ1v) is 7.72. The van der Waals surface area contributed by atoms with Crippen LogP contribution in [0.25, 0.3) is 12.2 Å². The van der Waals surface area contributed by atoms with Crippen molar-refractivity contribution in [2.24, 2.45) is 0 Å². The molecule has 0 saturated carbocycles. The summed E-state index contributed by atoms with van der Waals surface area (Å²) in [6.45, 7) is 4.32. The van der Waals surface area contributed by atoms with Crippen molar-refractivity contribution in [1.82, 2.24) is 0 Å². The maximum atomic E-state index is 5.54. The Balaban J connectivity index is 2.27. The van der Waals surface area contributed by atoms with Gasteiger partial charge in [0.15, 0.2) is 18.3 Å². The highest BCUT2D eigenvalue weighted by Gasteiger charge is 2.05. The lowest BCUT2D eigenvalue weighted by Gasteiger charge is -2.11. The third-order valence-corrected chi connectivity index (χ3v) is 3.85. The van der Waals surface area contributed by atoms with Crippen molar-refractivity contribution in [3.05, 3.63) is 52.6 Å². The van der Waals surface area contributed by atoms with Crippen molar-refractivity contribution in [3.63, 3.8) is 0 Å². The SMILES string of the molecule is COCOc1cc(/C=C\c2cc(C)c(C)c(OC)c2)ccc1OC. The number of methoxy groups -OCH3 is 3. The van der Waals surface area contributed by atoms with Gasteiger partial charge >= 0.3 is 0 Å². The Morgan fingerprint density at radius 2 is 1.46 bits per heavy atom. The van der Waals surface area contributed by atoms with Gasteiger partial charge in [-0.05, 0) is 54.3 Å². The molecular weight excluding hydrogens is 304 g/mol. The predicted molar refractivity (Wildman–Crippen MR) is 96.9 cm³/mol. The molecule has 0 saturated heterocycles. The summed E-state index contributed by atoms with van der Waals surface area (Å²) in [5, 5.41) is 0. The molecule has 2 aromatic rings. The molecule has 0 spiro atoms. The number of hydrogen-bond donors (Lipinski definition) is 0. The van der Waals surface area contributed by atoms with Crippen molar-refractivity contribution in [2.75, 3.05) is 28.1 Å². The van der Waals surface area contributed by atoms with E-state index in [1.165, 1.54) is 5.56 Å². The lowest BCUT2D eigenvalue weighted by Crippen LogP contribution is -2.00. The van der Waals surface area contributed by atoms with Crippen molar-refractivity contribution in [2.45, 2.75) is 13.8 Å². The van der Waals surface area contributed by atoms with E-state index in [1.807, 2.05) is 30.3 Å². The maximum absolute atomic E-state index is 5.54. The largest absolute Gasteiger partial charge is 0.496 e. The highest BCUT2D eigenvalue weighted by atomic mass is 16.7. The second-order valence-corrected chi connectivity index (χ2v) is 5.46. The fraction of sp³-hybridized carbons (Fsp3) is 0.300. The summed E-state index contributed by atoms with van der Waals surface area (Å²) in [4.78, 5) is 0. The minimum absolute atomic E-state index is 0.178. The first kappa shape index (κ1) is 17.9. The molecule has 2 rings (SSSR count). The smallest absolute Gasteiger partial charge is 0.188 e. The van der Waals surface area contributed by atoms with Crippen LogP contribution in [-0.4, -0.2) is 28.1 Å². The van der Waals surface area contributed by atoms with Gasteiger partial charge in [-0.2, -0.15) is 0 Å². The summed E-state index contributed by atoms with van der Waals surface area (Å²) in [6.07, 6.45) is 4.08. The Morgan fingerprint density at radius 3 is 2.12 bits per heavy atom. The van der Waals surface area contributed by atoms with Crippen LogP contribution in [0.4, 0.5) is 0 Å². The highest BCUT2D eigenvalue weighted by molar-refractivity contribution is 5.72. The van der Waals surface area contributed by atoms with E-state index < -0.39 is 0 Å². The molecule has 0 aliphatic rings. The first-order valence-electron chi connectivity index (χ1n) is 7.72. The molecule has 4 heteroatoms. The third-order valence-electron chi connectivity index (χ3n) is 3.85. The molecular formula is C20H24O4. The van der Waals surface area contributed by atoms with Crippen LogP contribution in [0, 0.1) is 13.8 Å². The summed E-state index contributed by atoms with van der Waals surface area (Å²) in [5.74, 6) is 2.23. The van der Waals surface area contributed by atoms with Crippen molar-refractivity contribution in [1.29, 1.82) is 0 Å². The molecule has 0 bridgehead atoms. The second-order valence-electron chi connectivity index (χ2n) is 5.46. The zero-order chi connectivity index (χ0) is 17.5. The summed E-state index contributed by atoms with van der Waals surface area (Å²) in [7, 11) is 4.90. The van der Waals surface area contributed by atoms with Gasteiger partial charge < -0.3 is 18.9 Å². The van der Waals surface area contributed by atoms with E-state index in [-0.39, 0.29) is 6.79 Å². The fourth-order valence-electron chi connectivity index (χ4n) is 2.39. The van der Waals surface area contributed by atoms with Crippen LogP contribution in [0.1, 0.15) is 22.3 Å². The average Bonchev–Trinajstić information content (AvgIpc) is 2.60. The highest BCUT2D eigenvalue weighted by Crippen LogP contribution is 2.29. The second kappa shape index (κ2) is 8.41. The molecule has 4 nitrogen and oxygen atoms in total. The normalized spacial score (nSPS) is 10.9. The Labute approximate surface area is 143 Å². The van der Waals surface area contributed by atoms with Gasteiger partial charge in [0.1, 0.15) is 5.75 Å². The molecule has 0 amide bonds. The molecule has 0 aromatic heterocycles. The van der Waals surface area contributed by atoms with Gasteiger partial charge in [-0.15, -0.1) is 0 Å². The molecule has 0 atom stereocenters. The lowest BCUT2D eigenvalue weighted by atomic mass is 10.0. The molecule has 0 aliphatic carbocycles. The molecule has 0 N–H and O–H groups in total. The summed E-state index contributed by atoms with van der Waals surface area (Å²) in [5.41, 5.74) is 4.46. The molecule has 0 fully saturated rings.